The minimum Gasteiger partial charge on any atom is -0.338 e. The molecule has 0 aliphatic carbocycles. The van der Waals surface area contributed by atoms with Gasteiger partial charge in [0, 0.05) is 37.5 Å². The fourth-order valence-electron chi connectivity index (χ4n) is 5.73. The molecule has 1 saturated heterocycles. The lowest BCUT2D eigenvalue weighted by Crippen LogP contribution is -2.40. The molecule has 3 aromatic rings. The van der Waals surface area contributed by atoms with Crippen LogP contribution >= 0.6 is 0 Å². The fourth-order valence-corrected chi connectivity index (χ4v) is 5.73. The van der Waals surface area contributed by atoms with E-state index >= 15 is 0 Å². The van der Waals surface area contributed by atoms with Crippen molar-refractivity contribution in [2.45, 2.75) is 57.5 Å². The molecule has 8 heteroatoms. The number of imide groups is 1. The Hall–Kier alpha value is -3.81. The first kappa shape index (κ1) is 22.6. The van der Waals surface area contributed by atoms with Gasteiger partial charge in [0.15, 0.2) is 0 Å². The van der Waals surface area contributed by atoms with Gasteiger partial charge in [-0.2, -0.15) is 0 Å². The second kappa shape index (κ2) is 9.33. The Balaban J connectivity index is 1.18. The van der Waals surface area contributed by atoms with Gasteiger partial charge in [0.05, 0.1) is 17.7 Å². The SMILES string of the molecule is O=C(c1cccc(CN2C(=O)c3ccccc3C2=O)c1)N1CCCC(c2nnc3n2CCCCC3)C1. The maximum Gasteiger partial charge on any atom is 0.261 e. The van der Waals surface area contributed by atoms with Crippen molar-refractivity contribution in [2.24, 2.45) is 0 Å². The Labute approximate surface area is 209 Å². The molecule has 3 aliphatic rings. The van der Waals surface area contributed by atoms with E-state index in [4.69, 9.17) is 0 Å². The van der Waals surface area contributed by atoms with Crippen LogP contribution in [0.3, 0.4) is 0 Å². The quantitative estimate of drug-likeness (QED) is 0.527. The zero-order valence-electron chi connectivity index (χ0n) is 20.2. The van der Waals surface area contributed by atoms with E-state index in [1.807, 2.05) is 17.0 Å². The highest BCUT2D eigenvalue weighted by Crippen LogP contribution is 2.29. The Bertz CT molecular complexity index is 1310. The minimum atomic E-state index is -0.293. The number of hydrogen-bond donors (Lipinski definition) is 0. The highest BCUT2D eigenvalue weighted by atomic mass is 16.2. The van der Waals surface area contributed by atoms with Gasteiger partial charge in [-0.15, -0.1) is 10.2 Å². The van der Waals surface area contributed by atoms with Crippen molar-refractivity contribution >= 4 is 17.7 Å². The van der Waals surface area contributed by atoms with Gasteiger partial charge in [0.25, 0.3) is 17.7 Å². The summed E-state index contributed by atoms with van der Waals surface area (Å²) in [5.74, 6) is 1.66. The standard InChI is InChI=1S/C28H29N5O3/c34-26(31-14-7-10-21(18-31)25-30-29-24-13-2-1-5-15-32(24)25)20-9-6-8-19(16-20)17-33-27(35)22-11-3-4-12-23(22)28(33)36/h3-4,6,8-9,11-12,16,21H,1-2,5,7,10,13-15,17-18H2. The van der Waals surface area contributed by atoms with Crippen LogP contribution in [0.25, 0.3) is 0 Å². The monoisotopic (exact) mass is 483 g/mol. The van der Waals surface area contributed by atoms with E-state index in [0.29, 0.717) is 29.8 Å². The number of benzene rings is 2. The normalized spacial score (nSPS) is 19.7. The Morgan fingerprint density at radius 1 is 0.889 bits per heavy atom. The van der Waals surface area contributed by atoms with Crippen LogP contribution < -0.4 is 0 Å². The summed E-state index contributed by atoms with van der Waals surface area (Å²) in [4.78, 5) is 42.2. The first-order chi connectivity index (χ1) is 17.6. The molecular formula is C28H29N5O3. The second-order valence-electron chi connectivity index (χ2n) is 9.97. The van der Waals surface area contributed by atoms with Crippen LogP contribution in [0.4, 0.5) is 0 Å². The van der Waals surface area contributed by atoms with Crippen LogP contribution in [0.5, 0.6) is 0 Å². The number of aromatic nitrogens is 3. The number of nitrogens with zero attached hydrogens (tertiary/aromatic N) is 5. The molecule has 6 rings (SSSR count). The van der Waals surface area contributed by atoms with Crippen molar-refractivity contribution < 1.29 is 14.4 Å². The van der Waals surface area contributed by atoms with Crippen LogP contribution in [0, 0.1) is 0 Å². The van der Waals surface area contributed by atoms with Crippen LogP contribution in [0.2, 0.25) is 0 Å². The van der Waals surface area contributed by atoms with Gasteiger partial charge < -0.3 is 9.47 Å². The smallest absolute Gasteiger partial charge is 0.261 e. The maximum absolute atomic E-state index is 13.5. The Morgan fingerprint density at radius 3 is 2.50 bits per heavy atom. The molecule has 184 valence electrons. The van der Waals surface area contributed by atoms with Gasteiger partial charge in [-0.1, -0.05) is 30.7 Å². The van der Waals surface area contributed by atoms with Crippen molar-refractivity contribution in [3.63, 3.8) is 0 Å². The number of piperidine rings is 1. The summed E-state index contributed by atoms with van der Waals surface area (Å²) in [5, 5.41) is 9.00. The summed E-state index contributed by atoms with van der Waals surface area (Å²) in [6, 6.07) is 14.2. The fraction of sp³-hybridized carbons (Fsp3) is 0.393. The van der Waals surface area contributed by atoms with E-state index in [-0.39, 0.29) is 30.2 Å². The molecule has 3 aliphatic heterocycles. The minimum absolute atomic E-state index is 0.0282. The Morgan fingerprint density at radius 2 is 1.69 bits per heavy atom. The average Bonchev–Trinajstić information content (AvgIpc) is 3.31. The largest absolute Gasteiger partial charge is 0.338 e. The predicted molar refractivity (Wildman–Crippen MR) is 133 cm³/mol. The summed E-state index contributed by atoms with van der Waals surface area (Å²) in [6.07, 6.45) is 6.42. The molecule has 1 aromatic heterocycles. The third kappa shape index (κ3) is 4.00. The number of likely N-dealkylation sites (tertiary alicyclic amines) is 1. The van der Waals surface area contributed by atoms with Crippen molar-refractivity contribution in [3.05, 3.63) is 82.4 Å². The van der Waals surface area contributed by atoms with Gasteiger partial charge in [0.2, 0.25) is 0 Å². The summed E-state index contributed by atoms with van der Waals surface area (Å²) in [6.45, 7) is 2.43. The van der Waals surface area contributed by atoms with Gasteiger partial charge in [-0.3, -0.25) is 19.3 Å². The molecule has 2 aromatic carbocycles. The number of amides is 3. The lowest BCUT2D eigenvalue weighted by molar-refractivity contribution is 0.0642. The molecule has 1 unspecified atom stereocenters. The highest BCUT2D eigenvalue weighted by molar-refractivity contribution is 6.21. The first-order valence-electron chi connectivity index (χ1n) is 12.9. The zero-order chi connectivity index (χ0) is 24.6. The maximum atomic E-state index is 13.5. The highest BCUT2D eigenvalue weighted by Gasteiger charge is 2.35. The molecule has 1 atom stereocenters. The van der Waals surface area contributed by atoms with Crippen LogP contribution in [-0.2, 0) is 19.5 Å². The van der Waals surface area contributed by atoms with E-state index in [9.17, 15) is 14.4 Å². The van der Waals surface area contributed by atoms with E-state index in [0.717, 1.165) is 55.9 Å². The molecule has 36 heavy (non-hydrogen) atoms. The average molecular weight is 484 g/mol. The molecule has 0 saturated carbocycles. The van der Waals surface area contributed by atoms with Crippen molar-refractivity contribution in [3.8, 4) is 0 Å². The molecule has 1 fully saturated rings. The number of aryl methyl sites for hydroxylation is 1. The molecule has 8 nitrogen and oxygen atoms in total. The van der Waals surface area contributed by atoms with E-state index in [1.54, 1.807) is 36.4 Å². The predicted octanol–water partition coefficient (Wildman–Crippen LogP) is 3.82. The summed E-state index contributed by atoms with van der Waals surface area (Å²) >= 11 is 0. The number of hydrogen-bond acceptors (Lipinski definition) is 5. The molecule has 4 heterocycles. The summed E-state index contributed by atoms with van der Waals surface area (Å²) in [7, 11) is 0. The van der Waals surface area contributed by atoms with Crippen molar-refractivity contribution in [1.29, 1.82) is 0 Å². The lowest BCUT2D eigenvalue weighted by atomic mass is 9.96. The number of carbonyl (C=O) groups excluding carboxylic acids is 3. The zero-order valence-corrected chi connectivity index (χ0v) is 20.2. The summed E-state index contributed by atoms with van der Waals surface area (Å²) in [5.41, 5.74) is 2.19. The number of rotatable bonds is 4. The molecule has 0 radical (unpaired) electrons. The Kier molecular flexibility index (Phi) is 5.87. The topological polar surface area (TPSA) is 88.4 Å². The van der Waals surface area contributed by atoms with E-state index in [1.165, 1.54) is 11.3 Å². The third-order valence-corrected chi connectivity index (χ3v) is 7.60. The first-order valence-corrected chi connectivity index (χ1v) is 12.9. The molecule has 0 spiro atoms. The third-order valence-electron chi connectivity index (χ3n) is 7.60. The number of fused-ring (bicyclic) bond motifs is 2. The molecule has 0 N–H and O–H groups in total. The van der Waals surface area contributed by atoms with E-state index < -0.39 is 0 Å². The number of carbonyl (C=O) groups is 3. The van der Waals surface area contributed by atoms with Gasteiger partial charge in [-0.25, -0.2) is 0 Å². The van der Waals surface area contributed by atoms with Gasteiger partial charge in [-0.05, 0) is 55.5 Å². The molecule has 0 bridgehead atoms. The van der Waals surface area contributed by atoms with E-state index in [2.05, 4.69) is 14.8 Å². The van der Waals surface area contributed by atoms with Crippen LogP contribution in [0.15, 0.2) is 48.5 Å². The van der Waals surface area contributed by atoms with Crippen molar-refractivity contribution in [2.75, 3.05) is 13.1 Å². The lowest BCUT2D eigenvalue weighted by Gasteiger charge is -2.32. The molecule has 3 amide bonds. The van der Waals surface area contributed by atoms with Gasteiger partial charge >= 0.3 is 0 Å². The molecular weight excluding hydrogens is 454 g/mol. The summed E-state index contributed by atoms with van der Waals surface area (Å²) < 4.78 is 2.29. The van der Waals surface area contributed by atoms with Crippen LogP contribution in [0.1, 0.15) is 86.3 Å². The van der Waals surface area contributed by atoms with Gasteiger partial charge in [0.1, 0.15) is 11.6 Å². The van der Waals surface area contributed by atoms with Crippen molar-refractivity contribution in [1.82, 2.24) is 24.6 Å². The second-order valence-corrected chi connectivity index (χ2v) is 9.97. The van der Waals surface area contributed by atoms with Crippen LogP contribution in [-0.4, -0.2) is 55.4 Å².